The second-order valence-electron chi connectivity index (χ2n) is 4.10. The van der Waals surface area contributed by atoms with E-state index in [1.54, 1.807) is 6.08 Å². The fourth-order valence-corrected chi connectivity index (χ4v) is 1.31. The molecular weight excluding hydrogens is 230 g/mol. The van der Waals surface area contributed by atoms with Crippen molar-refractivity contribution < 1.29 is 14.6 Å². The Labute approximate surface area is 107 Å². The van der Waals surface area contributed by atoms with Crippen LogP contribution in [0.3, 0.4) is 0 Å². The Kier molecular flexibility index (Phi) is 5.94. The quantitative estimate of drug-likeness (QED) is 0.759. The monoisotopic (exact) mass is 249 g/mol. The number of aliphatic hydroxyl groups is 1. The van der Waals surface area contributed by atoms with Crippen LogP contribution < -0.4 is 5.32 Å². The van der Waals surface area contributed by atoms with Gasteiger partial charge in [-0.15, -0.1) is 6.58 Å². The van der Waals surface area contributed by atoms with Crippen molar-refractivity contribution in [2.75, 3.05) is 6.54 Å². The van der Waals surface area contributed by atoms with Crippen molar-refractivity contribution >= 4 is 6.09 Å². The molecule has 0 aromatic heterocycles. The van der Waals surface area contributed by atoms with E-state index in [4.69, 9.17) is 4.74 Å². The van der Waals surface area contributed by atoms with E-state index in [0.717, 1.165) is 5.56 Å². The van der Waals surface area contributed by atoms with Crippen LogP contribution in [0, 0.1) is 5.92 Å². The van der Waals surface area contributed by atoms with E-state index in [1.807, 2.05) is 37.3 Å². The number of benzene rings is 1. The van der Waals surface area contributed by atoms with Crippen LogP contribution in [0.5, 0.6) is 0 Å². The first-order valence-electron chi connectivity index (χ1n) is 5.88. The minimum atomic E-state index is -0.647. The summed E-state index contributed by atoms with van der Waals surface area (Å²) >= 11 is 0. The summed E-state index contributed by atoms with van der Waals surface area (Å²) in [5.74, 6) is -0.0700. The van der Waals surface area contributed by atoms with E-state index >= 15 is 0 Å². The molecule has 0 saturated heterocycles. The van der Waals surface area contributed by atoms with Crippen LogP contribution in [-0.2, 0) is 11.3 Å². The fraction of sp³-hybridized carbons (Fsp3) is 0.357. The zero-order valence-corrected chi connectivity index (χ0v) is 10.5. The Morgan fingerprint density at radius 1 is 1.50 bits per heavy atom. The molecule has 0 unspecified atom stereocenters. The largest absolute Gasteiger partial charge is 0.445 e. The van der Waals surface area contributed by atoms with Crippen LogP contribution >= 0.6 is 0 Å². The Bertz CT molecular complexity index is 378. The van der Waals surface area contributed by atoms with Gasteiger partial charge in [0.15, 0.2) is 0 Å². The van der Waals surface area contributed by atoms with Crippen LogP contribution in [0.2, 0.25) is 0 Å². The molecule has 0 heterocycles. The second-order valence-corrected chi connectivity index (χ2v) is 4.10. The van der Waals surface area contributed by atoms with Crippen molar-refractivity contribution in [3.05, 3.63) is 48.6 Å². The molecule has 1 aromatic rings. The summed E-state index contributed by atoms with van der Waals surface area (Å²) in [6.45, 7) is 5.78. The van der Waals surface area contributed by atoms with Gasteiger partial charge in [0.25, 0.3) is 0 Å². The Hall–Kier alpha value is -1.81. The van der Waals surface area contributed by atoms with Gasteiger partial charge in [-0.2, -0.15) is 0 Å². The Morgan fingerprint density at radius 3 is 2.78 bits per heavy atom. The van der Waals surface area contributed by atoms with Crippen LogP contribution in [-0.4, -0.2) is 23.8 Å². The first kappa shape index (κ1) is 14.3. The maximum Gasteiger partial charge on any atom is 0.407 e. The highest BCUT2D eigenvalue weighted by Crippen LogP contribution is 2.03. The predicted octanol–water partition coefficient (Wildman–Crippen LogP) is 2.10. The van der Waals surface area contributed by atoms with Crippen molar-refractivity contribution in [2.45, 2.75) is 19.6 Å². The third kappa shape index (κ3) is 5.01. The number of alkyl carbamates (subject to hydrolysis) is 1. The number of carbonyl (C=O) groups is 1. The molecule has 0 saturated carbocycles. The van der Waals surface area contributed by atoms with Gasteiger partial charge in [-0.05, 0) is 5.56 Å². The molecule has 0 aliphatic carbocycles. The molecule has 1 aromatic carbocycles. The molecular formula is C14H19NO3. The lowest BCUT2D eigenvalue weighted by atomic mass is 10.1. The molecule has 0 fully saturated rings. The highest BCUT2D eigenvalue weighted by atomic mass is 16.5. The normalized spacial score (nSPS) is 13.4. The molecule has 2 atom stereocenters. The van der Waals surface area contributed by atoms with Crippen molar-refractivity contribution in [1.82, 2.24) is 5.32 Å². The average Bonchev–Trinajstić information content (AvgIpc) is 2.42. The summed E-state index contributed by atoms with van der Waals surface area (Å²) in [6.07, 6.45) is 0.461. The summed E-state index contributed by atoms with van der Waals surface area (Å²) in [5.41, 5.74) is 0.924. The van der Waals surface area contributed by atoms with Crippen molar-refractivity contribution in [3.8, 4) is 0 Å². The van der Waals surface area contributed by atoms with Gasteiger partial charge < -0.3 is 15.2 Å². The lowest BCUT2D eigenvalue weighted by Crippen LogP contribution is -2.35. The van der Waals surface area contributed by atoms with Gasteiger partial charge in [-0.3, -0.25) is 0 Å². The molecule has 0 bridgehead atoms. The first-order valence-corrected chi connectivity index (χ1v) is 5.88. The highest BCUT2D eigenvalue weighted by molar-refractivity contribution is 5.67. The van der Waals surface area contributed by atoms with Gasteiger partial charge in [0.05, 0.1) is 6.10 Å². The lowest BCUT2D eigenvalue weighted by molar-refractivity contribution is 0.113. The molecule has 0 spiro atoms. The van der Waals surface area contributed by atoms with E-state index in [-0.39, 0.29) is 19.1 Å². The molecule has 18 heavy (non-hydrogen) atoms. The fourth-order valence-electron chi connectivity index (χ4n) is 1.31. The molecule has 4 nitrogen and oxygen atoms in total. The van der Waals surface area contributed by atoms with Crippen LogP contribution in [0.4, 0.5) is 4.79 Å². The Balaban J connectivity index is 2.24. The van der Waals surface area contributed by atoms with Gasteiger partial charge in [-0.25, -0.2) is 4.79 Å². The molecule has 0 radical (unpaired) electrons. The molecule has 1 amide bonds. The number of hydrogen-bond acceptors (Lipinski definition) is 3. The lowest BCUT2D eigenvalue weighted by Gasteiger charge is -2.15. The molecule has 0 aliphatic heterocycles. The topological polar surface area (TPSA) is 58.6 Å². The van der Waals surface area contributed by atoms with Gasteiger partial charge in [0.2, 0.25) is 0 Å². The molecule has 98 valence electrons. The number of carbonyl (C=O) groups excluding carboxylic acids is 1. The van der Waals surface area contributed by atoms with Crippen LogP contribution in [0.1, 0.15) is 12.5 Å². The van der Waals surface area contributed by atoms with E-state index < -0.39 is 12.2 Å². The van der Waals surface area contributed by atoms with Crippen molar-refractivity contribution in [1.29, 1.82) is 0 Å². The van der Waals surface area contributed by atoms with E-state index in [1.165, 1.54) is 0 Å². The number of ether oxygens (including phenoxy) is 1. The van der Waals surface area contributed by atoms with Crippen molar-refractivity contribution in [2.24, 2.45) is 5.92 Å². The SMILES string of the molecule is C=C[C@@H](C)[C@@H](O)CNC(=O)OCc1ccccc1. The number of aliphatic hydroxyl groups excluding tert-OH is 1. The van der Waals surface area contributed by atoms with E-state index in [2.05, 4.69) is 11.9 Å². The minimum Gasteiger partial charge on any atom is -0.445 e. The van der Waals surface area contributed by atoms with Gasteiger partial charge in [0.1, 0.15) is 6.61 Å². The zero-order valence-electron chi connectivity index (χ0n) is 10.5. The van der Waals surface area contributed by atoms with Gasteiger partial charge >= 0.3 is 6.09 Å². The number of hydrogen-bond donors (Lipinski definition) is 2. The average molecular weight is 249 g/mol. The number of amides is 1. The standard InChI is InChI=1S/C14H19NO3/c1-3-11(2)13(16)9-15-14(17)18-10-12-7-5-4-6-8-12/h3-8,11,13,16H,1,9-10H2,2H3,(H,15,17)/t11-,13+/m1/s1. The molecule has 1 rings (SSSR count). The smallest absolute Gasteiger partial charge is 0.407 e. The molecule has 2 N–H and O–H groups in total. The third-order valence-corrected chi connectivity index (χ3v) is 2.65. The van der Waals surface area contributed by atoms with Gasteiger partial charge in [-0.1, -0.05) is 43.3 Å². The first-order chi connectivity index (χ1) is 8.63. The van der Waals surface area contributed by atoms with Crippen LogP contribution in [0.25, 0.3) is 0 Å². The summed E-state index contributed by atoms with van der Waals surface area (Å²) in [6, 6.07) is 9.42. The highest BCUT2D eigenvalue weighted by Gasteiger charge is 2.12. The summed E-state index contributed by atoms with van der Waals surface area (Å²) in [4.78, 5) is 11.4. The van der Waals surface area contributed by atoms with Crippen LogP contribution in [0.15, 0.2) is 43.0 Å². The van der Waals surface area contributed by atoms with E-state index in [0.29, 0.717) is 0 Å². The number of rotatable bonds is 6. The van der Waals surface area contributed by atoms with Crippen molar-refractivity contribution in [3.63, 3.8) is 0 Å². The molecule has 4 heteroatoms. The maximum absolute atomic E-state index is 11.4. The minimum absolute atomic E-state index is 0.0700. The Morgan fingerprint density at radius 2 is 2.17 bits per heavy atom. The van der Waals surface area contributed by atoms with E-state index in [9.17, 15) is 9.90 Å². The maximum atomic E-state index is 11.4. The summed E-state index contributed by atoms with van der Waals surface area (Å²) < 4.78 is 5.00. The summed E-state index contributed by atoms with van der Waals surface area (Å²) in [7, 11) is 0. The summed E-state index contributed by atoms with van der Waals surface area (Å²) in [5, 5.41) is 12.1. The third-order valence-electron chi connectivity index (χ3n) is 2.65. The predicted molar refractivity (Wildman–Crippen MR) is 70.0 cm³/mol. The number of nitrogens with one attached hydrogen (secondary N) is 1. The second kappa shape index (κ2) is 7.50. The molecule has 0 aliphatic rings. The zero-order chi connectivity index (χ0) is 13.4. The van der Waals surface area contributed by atoms with Gasteiger partial charge in [0, 0.05) is 12.5 Å².